The Morgan fingerprint density at radius 1 is 0.630 bits per heavy atom. The quantitative estimate of drug-likeness (QED) is 0.536. The van der Waals surface area contributed by atoms with Gasteiger partial charge < -0.3 is 24.8 Å². The van der Waals surface area contributed by atoms with Gasteiger partial charge in [0.15, 0.2) is 0 Å². The summed E-state index contributed by atoms with van der Waals surface area (Å²) in [6, 6.07) is 0. The number of halogens is 2. The van der Waals surface area contributed by atoms with Crippen molar-refractivity contribution < 1.29 is 48.0 Å². The molecule has 27 heavy (non-hydrogen) atoms. The summed E-state index contributed by atoms with van der Waals surface area (Å²) in [5.74, 6) is 0. The van der Waals surface area contributed by atoms with Gasteiger partial charge in [-0.1, -0.05) is 0 Å². The van der Waals surface area contributed by atoms with Gasteiger partial charge in [0.25, 0.3) is 0 Å². The van der Waals surface area contributed by atoms with Crippen LogP contribution in [0.5, 0.6) is 0 Å². The zero-order chi connectivity index (χ0) is 19.2. The summed E-state index contributed by atoms with van der Waals surface area (Å²) in [5.41, 5.74) is 10.8. The Bertz CT molecular complexity index is 640. The fourth-order valence-electron chi connectivity index (χ4n) is 4.65. The van der Waals surface area contributed by atoms with Crippen molar-refractivity contribution in [2.24, 2.45) is 10.8 Å². The van der Waals surface area contributed by atoms with Crippen molar-refractivity contribution in [1.29, 1.82) is 0 Å². The first-order valence-corrected chi connectivity index (χ1v) is 12.5. The van der Waals surface area contributed by atoms with Crippen molar-refractivity contribution in [3.63, 3.8) is 0 Å². The minimum atomic E-state index is -0.775. The zero-order valence-corrected chi connectivity index (χ0v) is 23.1. The topological polar surface area (TPSA) is 0 Å². The standard InChI is InChI=1S/2C12H19.2ClH.Zr/c2*1-6-12(4,5)11-8-9(2)7-10(11)3;;;/h2*6-7H2,1-5H3;2*1H;/q;;;;+2/p-2. The summed E-state index contributed by atoms with van der Waals surface area (Å²) in [5, 5.41) is 0. The van der Waals surface area contributed by atoms with E-state index in [4.69, 9.17) is 0 Å². The van der Waals surface area contributed by atoms with Crippen LogP contribution in [0.3, 0.4) is 0 Å². The molecule has 2 aliphatic rings. The van der Waals surface area contributed by atoms with Gasteiger partial charge in [-0.2, -0.15) is 0 Å². The van der Waals surface area contributed by atoms with Crippen LogP contribution < -0.4 is 24.8 Å². The number of hydrogen-bond donors (Lipinski definition) is 0. The number of allylic oxidation sites excluding steroid dienone is 8. The maximum Gasteiger partial charge on any atom is -1.00 e. The molecule has 0 saturated heterocycles. The molecule has 0 fully saturated rings. The molecular weight excluding hydrogens is 450 g/mol. The van der Waals surface area contributed by atoms with E-state index in [1.807, 2.05) is 6.56 Å². The molecule has 0 bridgehead atoms. The Morgan fingerprint density at radius 2 is 0.926 bits per heavy atom. The third-order valence-corrected chi connectivity index (χ3v) is 11.2. The van der Waals surface area contributed by atoms with E-state index in [0.29, 0.717) is 10.8 Å². The van der Waals surface area contributed by atoms with Crippen LogP contribution >= 0.6 is 0 Å². The molecule has 152 valence electrons. The summed E-state index contributed by atoms with van der Waals surface area (Å²) in [7, 11) is 0. The molecule has 0 aromatic heterocycles. The number of hydrogen-bond acceptors (Lipinski definition) is 0. The fourth-order valence-corrected chi connectivity index (χ4v) is 10.1. The second-order valence-electron chi connectivity index (χ2n) is 9.57. The van der Waals surface area contributed by atoms with Crippen LogP contribution in [0, 0.1) is 10.8 Å². The maximum atomic E-state index is 2.46. The normalized spacial score (nSPS) is 18.1. The summed E-state index contributed by atoms with van der Waals surface area (Å²) in [6.07, 6.45) is 4.90. The van der Waals surface area contributed by atoms with Crippen molar-refractivity contribution in [3.05, 3.63) is 40.0 Å². The molecular formula is C24H38Cl2Zr. The summed E-state index contributed by atoms with van der Waals surface area (Å²) < 4.78 is 3.64. The molecule has 0 heterocycles. The Labute approximate surface area is 192 Å². The van der Waals surface area contributed by atoms with Crippen LogP contribution in [-0.4, -0.2) is 0 Å². The molecule has 0 spiro atoms. The van der Waals surface area contributed by atoms with Gasteiger partial charge in [0.1, 0.15) is 0 Å². The Hall–Kier alpha value is 0.423. The van der Waals surface area contributed by atoms with Crippen molar-refractivity contribution in [2.75, 3.05) is 0 Å². The minimum absolute atomic E-state index is 0. The molecule has 0 radical (unpaired) electrons. The second kappa shape index (κ2) is 9.95. The van der Waals surface area contributed by atoms with Gasteiger partial charge in [-0.25, -0.2) is 0 Å². The van der Waals surface area contributed by atoms with Gasteiger partial charge in [0, 0.05) is 0 Å². The molecule has 2 rings (SSSR count). The molecule has 0 atom stereocenters. The third-order valence-electron chi connectivity index (χ3n) is 6.64. The Balaban J connectivity index is 0.00000338. The molecule has 0 nitrogen and oxygen atoms in total. The van der Waals surface area contributed by atoms with Crippen LogP contribution in [0.15, 0.2) is 40.0 Å². The predicted molar refractivity (Wildman–Crippen MR) is 108 cm³/mol. The largest absolute Gasteiger partial charge is 1.00 e. The molecule has 0 aromatic rings. The van der Waals surface area contributed by atoms with Crippen LogP contribution in [-0.2, 0) is 23.2 Å². The molecule has 0 amide bonds. The van der Waals surface area contributed by atoms with E-state index in [2.05, 4.69) is 69.2 Å². The second-order valence-corrected chi connectivity index (χ2v) is 12.6. The Kier molecular flexibility index (Phi) is 10.1. The molecule has 2 aliphatic carbocycles. The summed E-state index contributed by atoms with van der Waals surface area (Å²) in [4.78, 5) is 0. The van der Waals surface area contributed by atoms with Gasteiger partial charge in [-0.05, 0) is 0 Å². The molecule has 3 heteroatoms. The van der Waals surface area contributed by atoms with Gasteiger partial charge in [-0.15, -0.1) is 0 Å². The minimum Gasteiger partial charge on any atom is -1.00 e. The fraction of sp³-hybridized carbons (Fsp3) is 0.667. The molecule has 0 aliphatic heterocycles. The van der Waals surface area contributed by atoms with Gasteiger partial charge in [0.05, 0.1) is 0 Å². The first kappa shape index (κ1) is 27.4. The Morgan fingerprint density at radius 3 is 1.19 bits per heavy atom. The van der Waals surface area contributed by atoms with E-state index in [-0.39, 0.29) is 24.8 Å². The summed E-state index contributed by atoms with van der Waals surface area (Å²) >= 11 is -0.775. The van der Waals surface area contributed by atoms with Crippen molar-refractivity contribution in [1.82, 2.24) is 0 Å². The van der Waals surface area contributed by atoms with Crippen molar-refractivity contribution in [3.8, 4) is 0 Å². The predicted octanol–water partition coefficient (Wildman–Crippen LogP) is 1.94. The first-order chi connectivity index (χ1) is 11.5. The van der Waals surface area contributed by atoms with Crippen LogP contribution in [0.25, 0.3) is 0 Å². The van der Waals surface area contributed by atoms with E-state index in [0.717, 1.165) is 0 Å². The van der Waals surface area contributed by atoms with Crippen LogP contribution in [0.1, 0.15) is 94.9 Å². The summed E-state index contributed by atoms with van der Waals surface area (Å²) in [6.45, 7) is 24.1. The molecule has 0 unspecified atom stereocenters. The van der Waals surface area contributed by atoms with E-state index in [1.54, 1.807) is 33.4 Å². The molecule has 0 saturated carbocycles. The molecule has 0 aromatic carbocycles. The van der Waals surface area contributed by atoms with E-state index >= 15 is 0 Å². The van der Waals surface area contributed by atoms with E-state index < -0.39 is 23.2 Å². The molecule has 0 N–H and O–H groups in total. The van der Waals surface area contributed by atoms with Crippen LogP contribution in [0.2, 0.25) is 0 Å². The first-order valence-electron chi connectivity index (χ1n) is 10.0. The van der Waals surface area contributed by atoms with Crippen LogP contribution in [0.4, 0.5) is 0 Å². The maximum absolute atomic E-state index is 2.46. The van der Waals surface area contributed by atoms with Gasteiger partial charge in [-0.3, -0.25) is 0 Å². The van der Waals surface area contributed by atoms with Gasteiger partial charge >= 0.3 is 169 Å². The van der Waals surface area contributed by atoms with E-state index in [9.17, 15) is 0 Å². The van der Waals surface area contributed by atoms with Gasteiger partial charge in [0.2, 0.25) is 0 Å². The van der Waals surface area contributed by atoms with Crippen molar-refractivity contribution in [2.45, 2.75) is 94.9 Å². The average molecular weight is 489 g/mol. The monoisotopic (exact) mass is 486 g/mol. The zero-order valence-electron chi connectivity index (χ0n) is 19.1. The van der Waals surface area contributed by atoms with E-state index in [1.165, 1.54) is 25.7 Å². The van der Waals surface area contributed by atoms with Crippen molar-refractivity contribution >= 4 is 0 Å². The average Bonchev–Trinajstić information content (AvgIpc) is 2.96. The smallest absolute Gasteiger partial charge is 1.00 e. The number of rotatable bonds is 6. The SMILES string of the molecule is CCC(C)(C)C1=C(C)CC(C)=[C]1[Zr+2][C]1=C(C)CC(C)=C1C(C)(C)CC.[Cl-].[Cl-]. The third kappa shape index (κ3) is 5.32.